The maximum absolute atomic E-state index is 12.3. The first-order valence-corrected chi connectivity index (χ1v) is 8.92. The van der Waals surface area contributed by atoms with Crippen LogP contribution in [0.15, 0.2) is 17.1 Å². The van der Waals surface area contributed by atoms with E-state index in [-0.39, 0.29) is 24.3 Å². The van der Waals surface area contributed by atoms with Crippen molar-refractivity contribution in [1.82, 2.24) is 9.55 Å². The van der Waals surface area contributed by atoms with Crippen molar-refractivity contribution in [1.29, 1.82) is 0 Å². The van der Waals surface area contributed by atoms with Crippen LogP contribution < -0.4 is 11.2 Å². The molecule has 0 spiro atoms. The molecule has 0 bridgehead atoms. The van der Waals surface area contributed by atoms with Gasteiger partial charge in [-0.3, -0.25) is 20.0 Å². The lowest BCUT2D eigenvalue weighted by atomic mass is 10.1. The average molecular weight is 383 g/mol. The van der Waals surface area contributed by atoms with Gasteiger partial charge in [0.15, 0.2) is 17.8 Å². The highest BCUT2D eigenvalue weighted by Gasteiger charge is 2.56. The van der Waals surface area contributed by atoms with Gasteiger partial charge in [-0.15, -0.1) is 0 Å². The lowest BCUT2D eigenvalue weighted by Crippen LogP contribution is -2.34. The summed E-state index contributed by atoms with van der Waals surface area (Å²) in [6, 6.07) is 1.43. The molecule has 2 aliphatic rings. The maximum atomic E-state index is 12.3. The van der Waals surface area contributed by atoms with Gasteiger partial charge in [-0.25, -0.2) is 4.79 Å². The van der Waals surface area contributed by atoms with E-state index in [1.54, 1.807) is 20.8 Å². The molecular formula is C17H25N3O7. The highest BCUT2D eigenvalue weighted by molar-refractivity contribution is 5.71. The molecule has 0 unspecified atom stereocenters. The first kappa shape index (κ1) is 19.7. The van der Waals surface area contributed by atoms with E-state index in [9.17, 15) is 9.59 Å². The van der Waals surface area contributed by atoms with Crippen LogP contribution in [0.25, 0.3) is 0 Å². The van der Waals surface area contributed by atoms with Crippen molar-refractivity contribution in [3.63, 3.8) is 0 Å². The van der Waals surface area contributed by atoms with Crippen LogP contribution in [0.1, 0.15) is 40.3 Å². The molecule has 2 fully saturated rings. The third-order valence-electron chi connectivity index (χ3n) is 4.75. The fourth-order valence-corrected chi connectivity index (χ4v) is 3.16. The zero-order valence-electron chi connectivity index (χ0n) is 15.7. The molecule has 150 valence electrons. The lowest BCUT2D eigenvalue weighted by molar-refractivity contribution is -0.203. The summed E-state index contributed by atoms with van der Waals surface area (Å²) < 4.78 is 24.4. The summed E-state index contributed by atoms with van der Waals surface area (Å²) in [6.07, 6.45) is -0.332. The first-order chi connectivity index (χ1) is 12.8. The van der Waals surface area contributed by atoms with Crippen LogP contribution in [0.4, 0.5) is 5.82 Å². The molecular weight excluding hydrogens is 358 g/mol. The quantitative estimate of drug-likeness (QED) is 0.548. The number of aromatic nitrogens is 2. The highest BCUT2D eigenvalue weighted by atomic mass is 16.8. The molecule has 3 rings (SSSR count). The zero-order chi connectivity index (χ0) is 19.8. The van der Waals surface area contributed by atoms with Crippen molar-refractivity contribution in [3.8, 4) is 0 Å². The van der Waals surface area contributed by atoms with E-state index in [1.807, 2.05) is 12.4 Å². The van der Waals surface area contributed by atoms with Crippen LogP contribution in [-0.4, -0.2) is 51.4 Å². The Labute approximate surface area is 156 Å². The van der Waals surface area contributed by atoms with Gasteiger partial charge in [-0.05, 0) is 26.3 Å². The fourth-order valence-electron chi connectivity index (χ4n) is 3.16. The minimum Gasteiger partial charge on any atom is -0.463 e. The van der Waals surface area contributed by atoms with Gasteiger partial charge in [-0.1, -0.05) is 13.8 Å². The third kappa shape index (κ3) is 3.98. The molecule has 2 N–H and O–H groups in total. The van der Waals surface area contributed by atoms with Gasteiger partial charge in [-0.2, -0.15) is 4.98 Å². The summed E-state index contributed by atoms with van der Waals surface area (Å²) in [7, 11) is 0. The summed E-state index contributed by atoms with van der Waals surface area (Å²) in [4.78, 5) is 28.0. The van der Waals surface area contributed by atoms with Gasteiger partial charge in [0.2, 0.25) is 0 Å². The molecule has 0 saturated carbocycles. The number of carbonyl (C=O) groups excluding carboxylic acids is 1. The summed E-state index contributed by atoms with van der Waals surface area (Å²) in [5, 5.41) is 8.88. The Kier molecular flexibility index (Phi) is 5.52. The van der Waals surface area contributed by atoms with Crippen molar-refractivity contribution < 1.29 is 28.9 Å². The largest absolute Gasteiger partial charge is 0.463 e. The van der Waals surface area contributed by atoms with E-state index in [1.165, 1.54) is 16.8 Å². The molecule has 0 aromatic carbocycles. The van der Waals surface area contributed by atoms with Crippen molar-refractivity contribution >= 4 is 11.8 Å². The Hall–Kier alpha value is -2.01. The summed E-state index contributed by atoms with van der Waals surface area (Å²) in [6.45, 7) is 7.24. The van der Waals surface area contributed by atoms with Gasteiger partial charge in [0, 0.05) is 6.20 Å². The van der Waals surface area contributed by atoms with Crippen molar-refractivity contribution in [2.75, 3.05) is 12.1 Å². The van der Waals surface area contributed by atoms with Gasteiger partial charge >= 0.3 is 11.7 Å². The molecule has 10 nitrogen and oxygen atoms in total. The molecule has 10 heteroatoms. The van der Waals surface area contributed by atoms with Gasteiger partial charge < -0.3 is 18.9 Å². The van der Waals surface area contributed by atoms with Crippen molar-refractivity contribution in [2.24, 2.45) is 5.92 Å². The predicted octanol–water partition coefficient (Wildman–Crippen LogP) is 1.05. The van der Waals surface area contributed by atoms with Crippen LogP contribution in [0.3, 0.4) is 0 Å². The second-order valence-electron chi connectivity index (χ2n) is 7.18. The SMILES string of the molecule is CC[C@@H](C)C(=O)OC[C@H]1O[C@@H](n2ccc(NO)nc2=O)[C@@H]2OC(C)(C)O[C@@H]21. The number of nitrogens with zero attached hydrogens (tertiary/aromatic N) is 2. The summed E-state index contributed by atoms with van der Waals surface area (Å²) in [5.74, 6) is -1.36. The van der Waals surface area contributed by atoms with Gasteiger partial charge in [0.1, 0.15) is 24.9 Å². The molecule has 0 radical (unpaired) electrons. The Morgan fingerprint density at radius 2 is 2.15 bits per heavy atom. The second kappa shape index (κ2) is 7.55. The van der Waals surface area contributed by atoms with Gasteiger partial charge in [0.25, 0.3) is 0 Å². The molecule has 2 aliphatic heterocycles. The van der Waals surface area contributed by atoms with Crippen LogP contribution in [0.2, 0.25) is 0 Å². The first-order valence-electron chi connectivity index (χ1n) is 8.92. The standard InChI is InChI=1S/C17H25N3O7/c1-5-9(2)15(21)24-8-10-12-13(27-17(3,4)26-12)14(25-10)20-7-6-11(19-23)18-16(20)22/h6-7,9-10,12-14,23H,5,8H2,1-4H3,(H,18,19,22)/t9-,10-,12-,13-,14-/m1/s1. The average Bonchev–Trinajstić information content (AvgIpc) is 3.12. The smallest absolute Gasteiger partial charge is 0.351 e. The van der Waals surface area contributed by atoms with E-state index in [0.717, 1.165) is 0 Å². The number of carbonyl (C=O) groups is 1. The predicted molar refractivity (Wildman–Crippen MR) is 92.1 cm³/mol. The number of ether oxygens (including phenoxy) is 4. The summed E-state index contributed by atoms with van der Waals surface area (Å²) in [5.41, 5.74) is 1.20. The van der Waals surface area contributed by atoms with Crippen LogP contribution in [0.5, 0.6) is 0 Å². The molecule has 0 amide bonds. The minimum absolute atomic E-state index is 0.00125. The van der Waals surface area contributed by atoms with E-state index in [0.29, 0.717) is 6.42 Å². The number of hydrogen-bond donors (Lipinski definition) is 2. The zero-order valence-corrected chi connectivity index (χ0v) is 15.7. The van der Waals surface area contributed by atoms with E-state index in [4.69, 9.17) is 24.2 Å². The Morgan fingerprint density at radius 1 is 1.44 bits per heavy atom. The number of esters is 1. The number of rotatable bonds is 6. The monoisotopic (exact) mass is 383 g/mol. The third-order valence-corrected chi connectivity index (χ3v) is 4.75. The highest BCUT2D eigenvalue weighted by Crippen LogP contribution is 2.42. The number of anilines is 1. The van der Waals surface area contributed by atoms with Crippen LogP contribution in [0, 0.1) is 5.92 Å². The second-order valence-corrected chi connectivity index (χ2v) is 7.18. The van der Waals surface area contributed by atoms with Crippen LogP contribution >= 0.6 is 0 Å². The normalized spacial score (nSPS) is 30.0. The molecule has 27 heavy (non-hydrogen) atoms. The molecule has 0 aliphatic carbocycles. The number of hydrogen-bond acceptors (Lipinski definition) is 9. The molecule has 1 aromatic heterocycles. The van der Waals surface area contributed by atoms with E-state index < -0.39 is 36.0 Å². The lowest BCUT2D eigenvalue weighted by Gasteiger charge is -2.25. The van der Waals surface area contributed by atoms with Gasteiger partial charge in [0.05, 0.1) is 5.92 Å². The van der Waals surface area contributed by atoms with Crippen LogP contribution in [-0.2, 0) is 23.7 Å². The van der Waals surface area contributed by atoms with Crippen molar-refractivity contribution in [2.45, 2.75) is 64.4 Å². The number of nitrogens with one attached hydrogen (secondary N) is 1. The maximum Gasteiger partial charge on any atom is 0.351 e. The molecule has 1 aromatic rings. The number of fused-ring (bicyclic) bond motifs is 1. The van der Waals surface area contributed by atoms with E-state index >= 15 is 0 Å². The molecule has 2 saturated heterocycles. The topological polar surface area (TPSA) is 121 Å². The van der Waals surface area contributed by atoms with E-state index in [2.05, 4.69) is 4.98 Å². The minimum atomic E-state index is -0.861. The molecule has 5 atom stereocenters. The Balaban J connectivity index is 1.80. The van der Waals surface area contributed by atoms with Crippen molar-refractivity contribution in [3.05, 3.63) is 22.7 Å². The fraction of sp³-hybridized carbons (Fsp3) is 0.706. The molecule has 3 heterocycles. The Bertz CT molecular complexity index is 750. The Morgan fingerprint density at radius 3 is 2.78 bits per heavy atom. The summed E-state index contributed by atoms with van der Waals surface area (Å²) >= 11 is 0.